The summed E-state index contributed by atoms with van der Waals surface area (Å²) < 4.78 is 17.8. The second-order valence-corrected chi connectivity index (χ2v) is 5.18. The molecule has 2 rings (SSSR count). The van der Waals surface area contributed by atoms with Crippen LogP contribution in [0.3, 0.4) is 0 Å². The van der Waals surface area contributed by atoms with E-state index >= 15 is 0 Å². The summed E-state index contributed by atoms with van der Waals surface area (Å²) in [6.45, 7) is 0.0790. The summed E-state index contributed by atoms with van der Waals surface area (Å²) in [5.74, 6) is -0.812. The molecule has 7 nitrogen and oxygen atoms in total. The number of ether oxygens (including phenoxy) is 1. The number of oxime groups is 1. The number of amidine groups is 1. The minimum atomic E-state index is -0.662. The van der Waals surface area contributed by atoms with Gasteiger partial charge in [0, 0.05) is 17.7 Å². The zero-order valence-electron chi connectivity index (χ0n) is 14.1. The number of benzene rings is 2. The highest BCUT2D eigenvalue weighted by Gasteiger charge is 2.08. The molecule has 0 radical (unpaired) electrons. The summed E-state index contributed by atoms with van der Waals surface area (Å²) in [5.41, 5.74) is 6.51. The van der Waals surface area contributed by atoms with Crippen molar-refractivity contribution in [2.75, 3.05) is 13.7 Å². The molecule has 2 aromatic carbocycles. The Morgan fingerprint density at radius 2 is 1.69 bits per heavy atom. The molecular formula is C18H18FN3O4. The molecule has 0 bridgehead atoms. The van der Waals surface area contributed by atoms with Crippen LogP contribution in [0.5, 0.6) is 5.75 Å². The lowest BCUT2D eigenvalue weighted by Crippen LogP contribution is -2.26. The number of nitrogens with one attached hydrogen (secondary N) is 1. The van der Waals surface area contributed by atoms with Gasteiger partial charge in [0.1, 0.15) is 11.6 Å². The van der Waals surface area contributed by atoms with Crippen molar-refractivity contribution < 1.29 is 23.6 Å². The minimum absolute atomic E-state index is 0.0550. The standard InChI is InChI=1S/C18H18FN3O4/c1-25-15-8-4-13(5-9-15)18(24)21-11-10-16(23)26-22-17(20)12-2-6-14(19)7-3-12/h2-9H,10-11H2,1H3,(H2,20,22)(H,21,24). The number of methoxy groups -OCH3 is 1. The predicted octanol–water partition coefficient (Wildman–Crippen LogP) is 1.82. The molecule has 8 heteroatoms. The molecule has 0 spiro atoms. The number of halogens is 1. The van der Waals surface area contributed by atoms with Gasteiger partial charge in [0.2, 0.25) is 0 Å². The zero-order valence-corrected chi connectivity index (χ0v) is 14.1. The van der Waals surface area contributed by atoms with Crippen molar-refractivity contribution >= 4 is 17.7 Å². The summed E-state index contributed by atoms with van der Waals surface area (Å²) in [5, 5.41) is 6.09. The van der Waals surface area contributed by atoms with E-state index in [1.807, 2.05) is 0 Å². The van der Waals surface area contributed by atoms with Gasteiger partial charge >= 0.3 is 5.97 Å². The molecule has 0 atom stereocenters. The van der Waals surface area contributed by atoms with Crippen LogP contribution in [-0.4, -0.2) is 31.4 Å². The fourth-order valence-electron chi connectivity index (χ4n) is 1.94. The van der Waals surface area contributed by atoms with Crippen LogP contribution < -0.4 is 15.8 Å². The summed E-state index contributed by atoms with van der Waals surface area (Å²) in [6.07, 6.45) is -0.0813. The molecule has 0 aliphatic rings. The first kappa shape index (κ1) is 18.9. The first-order valence-electron chi connectivity index (χ1n) is 7.71. The van der Waals surface area contributed by atoms with Gasteiger partial charge in [-0.1, -0.05) is 5.16 Å². The van der Waals surface area contributed by atoms with E-state index in [1.165, 1.54) is 31.4 Å². The van der Waals surface area contributed by atoms with Crippen LogP contribution in [-0.2, 0) is 9.63 Å². The van der Waals surface area contributed by atoms with Gasteiger partial charge in [-0.05, 0) is 48.5 Å². The number of carbonyl (C=O) groups excluding carboxylic acids is 2. The van der Waals surface area contributed by atoms with Crippen LogP contribution in [0.25, 0.3) is 0 Å². The monoisotopic (exact) mass is 359 g/mol. The van der Waals surface area contributed by atoms with Crippen LogP contribution >= 0.6 is 0 Å². The number of carbonyl (C=O) groups is 2. The summed E-state index contributed by atoms with van der Waals surface area (Å²) in [7, 11) is 1.53. The number of hydrogen-bond acceptors (Lipinski definition) is 5. The van der Waals surface area contributed by atoms with E-state index in [4.69, 9.17) is 10.5 Å². The van der Waals surface area contributed by atoms with Gasteiger partial charge in [-0.25, -0.2) is 9.18 Å². The number of amides is 1. The van der Waals surface area contributed by atoms with Gasteiger partial charge in [-0.3, -0.25) is 4.79 Å². The Kier molecular flexibility index (Phi) is 6.67. The second-order valence-electron chi connectivity index (χ2n) is 5.18. The first-order valence-corrected chi connectivity index (χ1v) is 7.71. The molecule has 0 fully saturated rings. The number of rotatable bonds is 7. The van der Waals surface area contributed by atoms with Crippen LogP contribution in [0.2, 0.25) is 0 Å². The van der Waals surface area contributed by atoms with Gasteiger partial charge in [-0.15, -0.1) is 0 Å². The Bertz CT molecular complexity index is 789. The smallest absolute Gasteiger partial charge is 0.336 e. The molecular weight excluding hydrogens is 341 g/mol. The quantitative estimate of drug-likeness (QED) is 0.340. The topological polar surface area (TPSA) is 103 Å². The summed E-state index contributed by atoms with van der Waals surface area (Å²) >= 11 is 0. The van der Waals surface area contributed by atoms with E-state index in [0.717, 1.165) is 0 Å². The van der Waals surface area contributed by atoms with Gasteiger partial charge in [-0.2, -0.15) is 0 Å². The minimum Gasteiger partial charge on any atom is -0.497 e. The first-order chi connectivity index (χ1) is 12.5. The Balaban J connectivity index is 1.76. The summed E-state index contributed by atoms with van der Waals surface area (Å²) in [6, 6.07) is 11.8. The van der Waals surface area contributed by atoms with Crippen LogP contribution in [0, 0.1) is 5.82 Å². The van der Waals surface area contributed by atoms with Gasteiger partial charge in [0.25, 0.3) is 5.91 Å². The third kappa shape index (κ3) is 5.59. The maximum Gasteiger partial charge on any atom is 0.336 e. The van der Waals surface area contributed by atoms with Gasteiger partial charge < -0.3 is 20.6 Å². The maximum atomic E-state index is 12.8. The third-order valence-electron chi connectivity index (χ3n) is 3.35. The average Bonchev–Trinajstić information content (AvgIpc) is 2.66. The number of nitrogens with two attached hydrogens (primary N) is 1. The Morgan fingerprint density at radius 1 is 1.08 bits per heavy atom. The summed E-state index contributed by atoms with van der Waals surface area (Å²) in [4.78, 5) is 28.2. The van der Waals surface area contributed by atoms with E-state index in [9.17, 15) is 14.0 Å². The fourth-order valence-corrected chi connectivity index (χ4v) is 1.94. The van der Waals surface area contributed by atoms with Gasteiger partial charge in [0.05, 0.1) is 13.5 Å². The average molecular weight is 359 g/mol. The lowest BCUT2D eigenvalue weighted by molar-refractivity contribution is -0.143. The van der Waals surface area contributed by atoms with Crippen molar-refractivity contribution in [1.29, 1.82) is 0 Å². The highest BCUT2D eigenvalue weighted by molar-refractivity contribution is 5.97. The molecule has 136 valence electrons. The molecule has 0 unspecified atom stereocenters. The third-order valence-corrected chi connectivity index (χ3v) is 3.35. The molecule has 1 amide bonds. The van der Waals surface area contributed by atoms with Gasteiger partial charge in [0.15, 0.2) is 5.84 Å². The number of hydrogen-bond donors (Lipinski definition) is 2. The molecule has 2 aromatic rings. The van der Waals surface area contributed by atoms with Crippen molar-refractivity contribution in [3.05, 3.63) is 65.5 Å². The zero-order chi connectivity index (χ0) is 18.9. The van der Waals surface area contributed by atoms with Crippen molar-refractivity contribution in [3.63, 3.8) is 0 Å². The molecule has 0 aliphatic carbocycles. The van der Waals surface area contributed by atoms with Crippen molar-refractivity contribution in [2.45, 2.75) is 6.42 Å². The molecule has 3 N–H and O–H groups in total. The Morgan fingerprint density at radius 3 is 2.31 bits per heavy atom. The van der Waals surface area contributed by atoms with Crippen LogP contribution in [0.15, 0.2) is 53.7 Å². The van der Waals surface area contributed by atoms with E-state index in [0.29, 0.717) is 16.9 Å². The van der Waals surface area contributed by atoms with Crippen molar-refractivity contribution in [3.8, 4) is 5.75 Å². The van der Waals surface area contributed by atoms with Crippen LogP contribution in [0.4, 0.5) is 4.39 Å². The highest BCUT2D eigenvalue weighted by atomic mass is 19.1. The Labute approximate surface area is 149 Å². The molecule has 26 heavy (non-hydrogen) atoms. The molecule has 0 aliphatic heterocycles. The maximum absolute atomic E-state index is 12.8. The van der Waals surface area contributed by atoms with E-state index < -0.39 is 11.8 Å². The Hall–Kier alpha value is -3.42. The number of nitrogens with zero attached hydrogens (tertiary/aromatic N) is 1. The molecule has 0 heterocycles. The van der Waals surface area contributed by atoms with Crippen molar-refractivity contribution in [1.82, 2.24) is 5.32 Å². The lowest BCUT2D eigenvalue weighted by Gasteiger charge is -2.05. The predicted molar refractivity (Wildman–Crippen MR) is 93.2 cm³/mol. The van der Waals surface area contributed by atoms with E-state index in [-0.39, 0.29) is 24.7 Å². The van der Waals surface area contributed by atoms with E-state index in [2.05, 4.69) is 15.3 Å². The molecule has 0 saturated heterocycles. The largest absolute Gasteiger partial charge is 0.497 e. The molecule has 0 saturated carbocycles. The lowest BCUT2D eigenvalue weighted by atomic mass is 10.2. The van der Waals surface area contributed by atoms with Crippen LogP contribution in [0.1, 0.15) is 22.3 Å². The van der Waals surface area contributed by atoms with Crippen molar-refractivity contribution in [2.24, 2.45) is 10.9 Å². The second kappa shape index (κ2) is 9.16. The molecule has 0 aromatic heterocycles. The van der Waals surface area contributed by atoms with E-state index in [1.54, 1.807) is 24.3 Å². The fraction of sp³-hybridized carbons (Fsp3) is 0.167. The SMILES string of the molecule is COc1ccc(C(=O)NCCC(=O)O/N=C(\N)c2ccc(F)cc2)cc1. The normalized spacial score (nSPS) is 10.9. The highest BCUT2D eigenvalue weighted by Crippen LogP contribution is 2.11.